The molecular formula is C11H21NO3. The fourth-order valence-electron chi connectivity index (χ4n) is 2.37. The van der Waals surface area contributed by atoms with Crippen LogP contribution in [0.15, 0.2) is 0 Å². The van der Waals surface area contributed by atoms with Crippen molar-refractivity contribution in [1.29, 1.82) is 0 Å². The number of hydrogen-bond acceptors (Lipinski definition) is 4. The monoisotopic (exact) mass is 215 g/mol. The highest BCUT2D eigenvalue weighted by Crippen LogP contribution is 2.39. The van der Waals surface area contributed by atoms with E-state index >= 15 is 0 Å². The average Bonchev–Trinajstić information content (AvgIpc) is 2.62. The van der Waals surface area contributed by atoms with E-state index < -0.39 is 6.04 Å². The van der Waals surface area contributed by atoms with Gasteiger partial charge >= 0.3 is 5.97 Å². The second-order valence-electron chi connectivity index (χ2n) is 4.79. The maximum absolute atomic E-state index is 11.4. The summed E-state index contributed by atoms with van der Waals surface area (Å²) in [7, 11) is 1.37. The number of esters is 1. The van der Waals surface area contributed by atoms with Gasteiger partial charge in [-0.25, -0.2) is 0 Å². The molecule has 0 aromatic carbocycles. The van der Waals surface area contributed by atoms with Crippen LogP contribution >= 0.6 is 0 Å². The summed E-state index contributed by atoms with van der Waals surface area (Å²) in [6, 6.07) is -0.586. The number of hydrogen-bond donors (Lipinski definition) is 1. The van der Waals surface area contributed by atoms with E-state index in [2.05, 4.69) is 4.74 Å². The van der Waals surface area contributed by atoms with Crippen molar-refractivity contribution >= 4 is 5.97 Å². The minimum absolute atomic E-state index is 0.163. The van der Waals surface area contributed by atoms with Crippen molar-refractivity contribution in [2.24, 2.45) is 17.1 Å². The topological polar surface area (TPSA) is 61.5 Å². The lowest BCUT2D eigenvalue weighted by Crippen LogP contribution is -2.50. The fraction of sp³-hybridized carbons (Fsp3) is 0.909. The number of nitrogens with two attached hydrogens (primary N) is 1. The third kappa shape index (κ3) is 2.32. The first-order valence-corrected chi connectivity index (χ1v) is 5.36. The summed E-state index contributed by atoms with van der Waals surface area (Å²) >= 11 is 0. The van der Waals surface area contributed by atoms with Gasteiger partial charge < -0.3 is 15.2 Å². The van der Waals surface area contributed by atoms with Crippen LogP contribution in [0.3, 0.4) is 0 Å². The van der Waals surface area contributed by atoms with Crippen molar-refractivity contribution in [3.8, 4) is 0 Å². The maximum Gasteiger partial charge on any atom is 0.323 e. The van der Waals surface area contributed by atoms with Crippen molar-refractivity contribution in [1.82, 2.24) is 0 Å². The zero-order chi connectivity index (χ0) is 11.6. The molecule has 0 aromatic heterocycles. The van der Waals surface area contributed by atoms with Crippen molar-refractivity contribution in [3.63, 3.8) is 0 Å². The first-order chi connectivity index (χ1) is 6.91. The highest BCUT2D eigenvalue weighted by molar-refractivity contribution is 5.76. The van der Waals surface area contributed by atoms with Gasteiger partial charge in [-0.3, -0.25) is 4.79 Å². The van der Waals surface area contributed by atoms with Gasteiger partial charge in [-0.05, 0) is 24.7 Å². The molecule has 1 aliphatic heterocycles. The molecule has 2 N–H and O–H groups in total. The number of ether oxygens (including phenoxy) is 2. The Bertz CT molecular complexity index is 240. The molecule has 1 rings (SSSR count). The standard InChI is InChI=1S/C11H21NO3/c1-7-8(5-6-15-7)11(2,3)9(12)10(13)14-4/h7-9H,5-6,12H2,1-4H3. The van der Waals surface area contributed by atoms with E-state index in [1.165, 1.54) is 7.11 Å². The smallest absolute Gasteiger partial charge is 0.323 e. The Hall–Kier alpha value is -0.610. The molecule has 4 heteroatoms. The minimum Gasteiger partial charge on any atom is -0.468 e. The van der Waals surface area contributed by atoms with Crippen LogP contribution in [0, 0.1) is 11.3 Å². The summed E-state index contributed by atoms with van der Waals surface area (Å²) in [5, 5.41) is 0. The Labute approximate surface area is 91.1 Å². The summed E-state index contributed by atoms with van der Waals surface area (Å²) in [6.07, 6.45) is 1.12. The molecule has 1 aliphatic rings. The van der Waals surface area contributed by atoms with Crippen LogP contribution in [-0.2, 0) is 14.3 Å². The van der Waals surface area contributed by atoms with Crippen LogP contribution in [-0.4, -0.2) is 31.8 Å². The summed E-state index contributed by atoms with van der Waals surface area (Å²) < 4.78 is 10.2. The molecule has 1 fully saturated rings. The van der Waals surface area contributed by atoms with Crippen molar-refractivity contribution in [2.75, 3.05) is 13.7 Å². The van der Waals surface area contributed by atoms with E-state index in [0.717, 1.165) is 13.0 Å². The lowest BCUT2D eigenvalue weighted by atomic mass is 9.70. The Morgan fingerprint density at radius 2 is 2.20 bits per heavy atom. The summed E-state index contributed by atoms with van der Waals surface area (Å²) in [4.78, 5) is 11.4. The zero-order valence-corrected chi connectivity index (χ0v) is 9.95. The average molecular weight is 215 g/mol. The predicted molar refractivity (Wildman–Crippen MR) is 57.3 cm³/mol. The van der Waals surface area contributed by atoms with Gasteiger partial charge in [-0.15, -0.1) is 0 Å². The molecular weight excluding hydrogens is 194 g/mol. The second kappa shape index (κ2) is 4.49. The Morgan fingerprint density at radius 3 is 2.60 bits per heavy atom. The van der Waals surface area contributed by atoms with E-state index in [0.29, 0.717) is 5.92 Å². The zero-order valence-electron chi connectivity index (χ0n) is 9.95. The highest BCUT2D eigenvalue weighted by Gasteiger charge is 2.44. The van der Waals surface area contributed by atoms with Crippen LogP contribution < -0.4 is 5.73 Å². The Morgan fingerprint density at radius 1 is 1.60 bits per heavy atom. The minimum atomic E-state index is -0.586. The molecule has 4 nitrogen and oxygen atoms in total. The first-order valence-electron chi connectivity index (χ1n) is 5.36. The van der Waals surface area contributed by atoms with Crippen molar-refractivity contribution < 1.29 is 14.3 Å². The molecule has 0 amide bonds. The number of methoxy groups -OCH3 is 1. The SMILES string of the molecule is COC(=O)C(N)C(C)(C)C1CCOC1C. The van der Waals surface area contributed by atoms with Crippen LogP contribution in [0.5, 0.6) is 0 Å². The molecule has 0 radical (unpaired) electrons. The van der Waals surface area contributed by atoms with Gasteiger partial charge in [0.05, 0.1) is 13.2 Å². The lowest BCUT2D eigenvalue weighted by Gasteiger charge is -2.37. The van der Waals surface area contributed by atoms with E-state index in [4.69, 9.17) is 10.5 Å². The number of rotatable bonds is 3. The first kappa shape index (κ1) is 12.5. The van der Waals surface area contributed by atoms with Gasteiger partial charge in [0, 0.05) is 6.61 Å². The lowest BCUT2D eigenvalue weighted by molar-refractivity contribution is -0.146. The van der Waals surface area contributed by atoms with E-state index in [1.54, 1.807) is 0 Å². The maximum atomic E-state index is 11.4. The number of carbonyl (C=O) groups excluding carboxylic acids is 1. The number of carbonyl (C=O) groups is 1. The molecule has 88 valence electrons. The van der Waals surface area contributed by atoms with E-state index in [1.807, 2.05) is 20.8 Å². The highest BCUT2D eigenvalue weighted by atomic mass is 16.5. The van der Waals surface area contributed by atoms with E-state index in [-0.39, 0.29) is 17.5 Å². The van der Waals surface area contributed by atoms with Gasteiger partial charge in [-0.1, -0.05) is 13.8 Å². The Balaban J connectivity index is 2.76. The Kier molecular flexibility index (Phi) is 3.73. The normalized spacial score (nSPS) is 28.9. The third-order valence-corrected chi connectivity index (χ3v) is 3.59. The van der Waals surface area contributed by atoms with E-state index in [9.17, 15) is 4.79 Å². The summed E-state index contributed by atoms with van der Waals surface area (Å²) in [5.41, 5.74) is 5.63. The molecule has 0 saturated carbocycles. The predicted octanol–water partition coefficient (Wildman–Crippen LogP) is 0.938. The van der Waals surface area contributed by atoms with Crippen LogP contribution in [0.2, 0.25) is 0 Å². The molecule has 0 spiro atoms. The molecule has 1 saturated heterocycles. The molecule has 0 aromatic rings. The molecule has 3 atom stereocenters. The van der Waals surface area contributed by atoms with Gasteiger partial charge in [0.15, 0.2) is 0 Å². The quantitative estimate of drug-likeness (QED) is 0.712. The van der Waals surface area contributed by atoms with Crippen LogP contribution in [0.25, 0.3) is 0 Å². The molecule has 1 heterocycles. The summed E-state index contributed by atoms with van der Waals surface area (Å²) in [6.45, 7) is 6.79. The van der Waals surface area contributed by atoms with Crippen LogP contribution in [0.4, 0.5) is 0 Å². The van der Waals surface area contributed by atoms with Gasteiger partial charge in [0.25, 0.3) is 0 Å². The van der Waals surface area contributed by atoms with Gasteiger partial charge in [0.1, 0.15) is 6.04 Å². The molecule has 0 aliphatic carbocycles. The summed E-state index contributed by atoms with van der Waals surface area (Å²) in [5.74, 6) is -0.0364. The van der Waals surface area contributed by atoms with Crippen LogP contribution in [0.1, 0.15) is 27.2 Å². The largest absolute Gasteiger partial charge is 0.468 e. The molecule has 0 bridgehead atoms. The fourth-order valence-corrected chi connectivity index (χ4v) is 2.37. The molecule has 15 heavy (non-hydrogen) atoms. The van der Waals surface area contributed by atoms with Crippen molar-refractivity contribution in [3.05, 3.63) is 0 Å². The second-order valence-corrected chi connectivity index (χ2v) is 4.79. The van der Waals surface area contributed by atoms with Gasteiger partial charge in [-0.2, -0.15) is 0 Å². The molecule has 3 unspecified atom stereocenters. The third-order valence-electron chi connectivity index (χ3n) is 3.59. The van der Waals surface area contributed by atoms with Crippen molar-refractivity contribution in [2.45, 2.75) is 39.3 Å². The van der Waals surface area contributed by atoms with Gasteiger partial charge in [0.2, 0.25) is 0 Å².